The van der Waals surface area contributed by atoms with Crippen molar-refractivity contribution in [2.24, 2.45) is 0 Å². The molecule has 0 fully saturated rings. The molecule has 1 aliphatic heterocycles. The summed E-state index contributed by atoms with van der Waals surface area (Å²) in [7, 11) is 0. The number of anilines is 1. The highest BCUT2D eigenvalue weighted by molar-refractivity contribution is 5.98. The quantitative estimate of drug-likeness (QED) is 0.804. The molecule has 0 bridgehead atoms. The third-order valence-electron chi connectivity index (χ3n) is 2.73. The molecular weight excluding hydrogens is 238 g/mol. The summed E-state index contributed by atoms with van der Waals surface area (Å²) < 4.78 is 5.22. The molecule has 1 aromatic carbocycles. The van der Waals surface area contributed by atoms with Gasteiger partial charge in [0.05, 0.1) is 12.2 Å². The number of rotatable bonds is 3. The second-order valence-electron chi connectivity index (χ2n) is 4.32. The summed E-state index contributed by atoms with van der Waals surface area (Å²) in [5.74, 6) is -1.26. The van der Waals surface area contributed by atoms with E-state index in [-0.39, 0.29) is 19.1 Å². The molecule has 6 heteroatoms. The summed E-state index contributed by atoms with van der Waals surface area (Å²) in [6, 6.07) is 6.79. The SMILES string of the molecule is CC(O)(CN1C(=O)COc2ccccc21)C(=O)O. The summed E-state index contributed by atoms with van der Waals surface area (Å²) >= 11 is 0. The second-order valence-corrected chi connectivity index (χ2v) is 4.32. The van der Waals surface area contributed by atoms with Gasteiger partial charge in [-0.15, -0.1) is 0 Å². The normalized spacial score (nSPS) is 17.7. The van der Waals surface area contributed by atoms with Crippen LogP contribution in [0.1, 0.15) is 6.92 Å². The monoisotopic (exact) mass is 251 g/mol. The molecule has 1 atom stereocenters. The number of aliphatic hydroxyl groups is 1. The second kappa shape index (κ2) is 4.30. The molecule has 96 valence electrons. The third kappa shape index (κ3) is 2.14. The van der Waals surface area contributed by atoms with E-state index in [2.05, 4.69) is 0 Å². The Hall–Kier alpha value is -2.08. The number of ether oxygens (including phenoxy) is 1. The Labute approximate surface area is 103 Å². The maximum absolute atomic E-state index is 11.8. The van der Waals surface area contributed by atoms with E-state index >= 15 is 0 Å². The molecule has 0 radical (unpaired) electrons. The van der Waals surface area contributed by atoms with E-state index in [1.54, 1.807) is 24.3 Å². The van der Waals surface area contributed by atoms with Crippen LogP contribution in [0.2, 0.25) is 0 Å². The number of nitrogens with zero attached hydrogens (tertiary/aromatic N) is 1. The van der Waals surface area contributed by atoms with Crippen LogP contribution < -0.4 is 9.64 Å². The summed E-state index contributed by atoms with van der Waals surface area (Å²) in [6.45, 7) is 0.676. The number of aliphatic carboxylic acids is 1. The number of hydrogen-bond donors (Lipinski definition) is 2. The van der Waals surface area contributed by atoms with Gasteiger partial charge in [-0.25, -0.2) is 4.79 Å². The van der Waals surface area contributed by atoms with Gasteiger partial charge in [0.15, 0.2) is 12.2 Å². The third-order valence-corrected chi connectivity index (χ3v) is 2.73. The van der Waals surface area contributed by atoms with Crippen LogP contribution >= 0.6 is 0 Å². The molecule has 0 aromatic heterocycles. The lowest BCUT2D eigenvalue weighted by Gasteiger charge is -2.33. The van der Waals surface area contributed by atoms with E-state index in [1.165, 1.54) is 4.90 Å². The molecule has 0 spiro atoms. The molecule has 2 N–H and O–H groups in total. The smallest absolute Gasteiger partial charge is 0.337 e. The number of carboxylic acids is 1. The topological polar surface area (TPSA) is 87.1 Å². The molecule has 6 nitrogen and oxygen atoms in total. The lowest BCUT2D eigenvalue weighted by Crippen LogP contribution is -2.51. The van der Waals surface area contributed by atoms with Crippen molar-refractivity contribution in [1.82, 2.24) is 0 Å². The average Bonchev–Trinajstić information content (AvgIpc) is 2.32. The van der Waals surface area contributed by atoms with Gasteiger partial charge in [-0.2, -0.15) is 0 Å². The van der Waals surface area contributed by atoms with Crippen molar-refractivity contribution in [2.75, 3.05) is 18.1 Å². The highest BCUT2D eigenvalue weighted by atomic mass is 16.5. The zero-order valence-corrected chi connectivity index (χ0v) is 9.79. The zero-order valence-electron chi connectivity index (χ0n) is 9.79. The standard InChI is InChI=1S/C12H13NO5/c1-12(17,11(15)16)7-13-8-4-2-3-5-9(8)18-6-10(13)14/h2-5,17H,6-7H2,1H3,(H,15,16). The first kappa shape index (κ1) is 12.4. The number of carboxylic acid groups (broad SMARTS) is 1. The first-order valence-electron chi connectivity index (χ1n) is 5.40. The number of carbonyl (C=O) groups is 2. The van der Waals surface area contributed by atoms with E-state index in [9.17, 15) is 14.7 Å². The van der Waals surface area contributed by atoms with Gasteiger partial charge in [0.2, 0.25) is 0 Å². The Morgan fingerprint density at radius 3 is 2.83 bits per heavy atom. The van der Waals surface area contributed by atoms with E-state index < -0.39 is 11.6 Å². The summed E-state index contributed by atoms with van der Waals surface area (Å²) in [5, 5.41) is 18.6. The molecule has 1 aliphatic rings. The maximum Gasteiger partial charge on any atom is 0.337 e. The van der Waals surface area contributed by atoms with Crippen molar-refractivity contribution in [1.29, 1.82) is 0 Å². The minimum Gasteiger partial charge on any atom is -0.482 e. The van der Waals surface area contributed by atoms with Gasteiger partial charge in [0.1, 0.15) is 5.75 Å². The highest BCUT2D eigenvalue weighted by Gasteiger charge is 2.37. The van der Waals surface area contributed by atoms with Gasteiger partial charge >= 0.3 is 5.97 Å². The van der Waals surface area contributed by atoms with Crippen molar-refractivity contribution in [2.45, 2.75) is 12.5 Å². The minimum absolute atomic E-state index is 0.160. The van der Waals surface area contributed by atoms with Crippen LogP contribution in [0.5, 0.6) is 5.75 Å². The fourth-order valence-electron chi connectivity index (χ4n) is 1.70. The predicted molar refractivity (Wildman–Crippen MR) is 62.5 cm³/mol. The van der Waals surface area contributed by atoms with Crippen LogP contribution in [0, 0.1) is 0 Å². The zero-order chi connectivity index (χ0) is 13.3. The van der Waals surface area contributed by atoms with Crippen molar-refractivity contribution in [3.8, 4) is 5.75 Å². The van der Waals surface area contributed by atoms with Gasteiger partial charge in [-0.1, -0.05) is 12.1 Å². The molecule has 1 heterocycles. The minimum atomic E-state index is -2.00. The Kier molecular flexibility index (Phi) is 2.96. The highest BCUT2D eigenvalue weighted by Crippen LogP contribution is 2.32. The first-order valence-corrected chi connectivity index (χ1v) is 5.40. The average molecular weight is 251 g/mol. The molecule has 2 rings (SSSR count). The maximum atomic E-state index is 11.8. The van der Waals surface area contributed by atoms with Gasteiger partial charge in [-0.3, -0.25) is 4.79 Å². The largest absolute Gasteiger partial charge is 0.482 e. The van der Waals surface area contributed by atoms with Crippen LogP contribution in [0.4, 0.5) is 5.69 Å². The van der Waals surface area contributed by atoms with Gasteiger partial charge in [-0.05, 0) is 19.1 Å². The molecule has 0 saturated carbocycles. The van der Waals surface area contributed by atoms with Crippen molar-refractivity contribution >= 4 is 17.6 Å². The van der Waals surface area contributed by atoms with Crippen LogP contribution in [0.3, 0.4) is 0 Å². The number of hydrogen-bond acceptors (Lipinski definition) is 4. The van der Waals surface area contributed by atoms with E-state index in [1.807, 2.05) is 0 Å². The van der Waals surface area contributed by atoms with Gasteiger partial charge in [0.25, 0.3) is 5.91 Å². The van der Waals surface area contributed by atoms with Crippen molar-refractivity contribution < 1.29 is 24.5 Å². The number of carbonyl (C=O) groups excluding carboxylic acids is 1. The van der Waals surface area contributed by atoms with Gasteiger partial charge in [0, 0.05) is 0 Å². The Balaban J connectivity index is 2.33. The Morgan fingerprint density at radius 1 is 1.50 bits per heavy atom. The van der Waals surface area contributed by atoms with Crippen molar-refractivity contribution in [3.63, 3.8) is 0 Å². The van der Waals surface area contributed by atoms with Crippen LogP contribution in [-0.4, -0.2) is 40.8 Å². The van der Waals surface area contributed by atoms with Crippen LogP contribution in [0.25, 0.3) is 0 Å². The molecule has 0 aliphatic carbocycles. The first-order chi connectivity index (χ1) is 8.42. The number of benzene rings is 1. The van der Waals surface area contributed by atoms with Crippen molar-refractivity contribution in [3.05, 3.63) is 24.3 Å². The molecular formula is C12H13NO5. The van der Waals surface area contributed by atoms with E-state index in [0.717, 1.165) is 6.92 Å². The summed E-state index contributed by atoms with van der Waals surface area (Å²) in [4.78, 5) is 23.9. The number of β-amino-alcohol motifs (C(OH)–C–C–N with tert-alkyl or cyclic N) is 1. The summed E-state index contributed by atoms with van der Waals surface area (Å²) in [5.41, 5.74) is -1.53. The Bertz CT molecular complexity index is 497. The van der Waals surface area contributed by atoms with Gasteiger partial charge < -0.3 is 19.8 Å². The number of para-hydroxylation sites is 2. The molecule has 1 aromatic rings. The predicted octanol–water partition coefficient (Wildman–Crippen LogP) is 0.248. The lowest BCUT2D eigenvalue weighted by atomic mass is 10.1. The van der Waals surface area contributed by atoms with E-state index in [0.29, 0.717) is 11.4 Å². The fraction of sp³-hybridized carbons (Fsp3) is 0.333. The summed E-state index contributed by atoms with van der Waals surface area (Å²) in [6.07, 6.45) is 0. The molecule has 1 unspecified atom stereocenters. The fourth-order valence-corrected chi connectivity index (χ4v) is 1.70. The van der Waals surface area contributed by atoms with E-state index in [4.69, 9.17) is 9.84 Å². The number of amides is 1. The molecule has 1 amide bonds. The van der Waals surface area contributed by atoms with Crippen LogP contribution in [-0.2, 0) is 9.59 Å². The molecule has 18 heavy (non-hydrogen) atoms. The van der Waals surface area contributed by atoms with Crippen LogP contribution in [0.15, 0.2) is 24.3 Å². The number of fused-ring (bicyclic) bond motifs is 1. The molecule has 0 saturated heterocycles. The Morgan fingerprint density at radius 2 is 2.17 bits per heavy atom. The lowest BCUT2D eigenvalue weighted by molar-refractivity contribution is -0.155.